The fraction of sp³-hybridized carbons (Fsp3) is 0.412. The van der Waals surface area contributed by atoms with Gasteiger partial charge < -0.3 is 14.7 Å². The van der Waals surface area contributed by atoms with Gasteiger partial charge in [0.25, 0.3) is 0 Å². The lowest BCUT2D eigenvalue weighted by atomic mass is 9.97. The van der Waals surface area contributed by atoms with Crippen LogP contribution in [-0.4, -0.2) is 36.8 Å². The Kier molecular flexibility index (Phi) is 5.98. The molecule has 0 saturated heterocycles. The number of hydrogen-bond donors (Lipinski definition) is 1. The molecule has 0 saturated carbocycles. The SMILES string of the molecule is C[C@@H](Cc1ccc(OCC(=O)O)cc1)Cc1csc(N(C)C)n1. The number of aromatic nitrogens is 1. The lowest BCUT2D eigenvalue weighted by molar-refractivity contribution is -0.139. The Morgan fingerprint density at radius 2 is 2.00 bits per heavy atom. The molecule has 1 aromatic heterocycles. The van der Waals surface area contributed by atoms with Crippen molar-refractivity contribution in [2.75, 3.05) is 25.6 Å². The molecule has 0 spiro atoms. The zero-order chi connectivity index (χ0) is 16.8. The summed E-state index contributed by atoms with van der Waals surface area (Å²) in [5.41, 5.74) is 2.34. The highest BCUT2D eigenvalue weighted by molar-refractivity contribution is 7.13. The third-order valence-corrected chi connectivity index (χ3v) is 4.41. The highest BCUT2D eigenvalue weighted by Gasteiger charge is 2.10. The molecular formula is C17H22N2O3S. The number of carboxylic acid groups (broad SMARTS) is 1. The van der Waals surface area contributed by atoms with Crippen LogP contribution in [0.1, 0.15) is 18.2 Å². The highest BCUT2D eigenvalue weighted by atomic mass is 32.1. The Bertz CT molecular complexity index is 638. The second-order valence-electron chi connectivity index (χ2n) is 5.86. The zero-order valence-electron chi connectivity index (χ0n) is 13.7. The van der Waals surface area contributed by atoms with Gasteiger partial charge in [0.15, 0.2) is 11.7 Å². The van der Waals surface area contributed by atoms with E-state index in [2.05, 4.69) is 17.3 Å². The van der Waals surface area contributed by atoms with Crippen LogP contribution in [0.2, 0.25) is 0 Å². The molecule has 0 radical (unpaired) electrons. The number of thiazole rings is 1. The molecule has 1 aromatic carbocycles. The van der Waals surface area contributed by atoms with Crippen molar-refractivity contribution in [3.8, 4) is 5.75 Å². The minimum Gasteiger partial charge on any atom is -0.482 e. The van der Waals surface area contributed by atoms with Crippen LogP contribution in [0.25, 0.3) is 0 Å². The molecule has 0 bridgehead atoms. The lowest BCUT2D eigenvalue weighted by Crippen LogP contribution is -2.09. The number of carboxylic acids is 1. The van der Waals surface area contributed by atoms with E-state index in [1.165, 1.54) is 5.56 Å². The second-order valence-corrected chi connectivity index (χ2v) is 6.69. The van der Waals surface area contributed by atoms with Crippen LogP contribution in [-0.2, 0) is 17.6 Å². The number of benzene rings is 1. The Labute approximate surface area is 140 Å². The molecule has 0 amide bonds. The summed E-state index contributed by atoms with van der Waals surface area (Å²) in [5.74, 6) is 0.0971. The predicted octanol–water partition coefficient (Wildman–Crippen LogP) is 3.09. The average molecular weight is 334 g/mol. The van der Waals surface area contributed by atoms with Gasteiger partial charge in [-0.25, -0.2) is 9.78 Å². The smallest absolute Gasteiger partial charge is 0.341 e. The first kappa shape index (κ1) is 17.3. The molecule has 0 fully saturated rings. The Balaban J connectivity index is 1.86. The molecule has 2 aromatic rings. The van der Waals surface area contributed by atoms with E-state index in [-0.39, 0.29) is 6.61 Å². The van der Waals surface area contributed by atoms with Gasteiger partial charge in [-0.15, -0.1) is 11.3 Å². The summed E-state index contributed by atoms with van der Waals surface area (Å²) < 4.78 is 5.14. The number of carbonyl (C=O) groups is 1. The minimum atomic E-state index is -0.969. The second kappa shape index (κ2) is 7.97. The van der Waals surface area contributed by atoms with Gasteiger partial charge >= 0.3 is 5.97 Å². The van der Waals surface area contributed by atoms with Crippen molar-refractivity contribution in [3.63, 3.8) is 0 Å². The molecule has 124 valence electrons. The Morgan fingerprint density at radius 3 is 2.57 bits per heavy atom. The standard InChI is InChI=1S/C17H22N2O3S/c1-12(9-14-11-23-17(18-14)19(2)3)8-13-4-6-15(7-5-13)22-10-16(20)21/h4-7,11-12H,8-10H2,1-3H3,(H,20,21)/t12-/m0/s1. The summed E-state index contributed by atoms with van der Waals surface area (Å²) in [6.07, 6.45) is 1.90. The van der Waals surface area contributed by atoms with Crippen LogP contribution in [0.4, 0.5) is 5.13 Å². The maximum Gasteiger partial charge on any atom is 0.341 e. The van der Waals surface area contributed by atoms with E-state index in [9.17, 15) is 4.79 Å². The van der Waals surface area contributed by atoms with Crippen LogP contribution >= 0.6 is 11.3 Å². The van der Waals surface area contributed by atoms with Crippen molar-refractivity contribution in [2.24, 2.45) is 5.92 Å². The number of nitrogens with zero attached hydrogens (tertiary/aromatic N) is 2. The summed E-state index contributed by atoms with van der Waals surface area (Å²) in [6.45, 7) is 1.90. The van der Waals surface area contributed by atoms with Gasteiger partial charge in [-0.2, -0.15) is 0 Å². The normalized spacial score (nSPS) is 12.0. The highest BCUT2D eigenvalue weighted by Crippen LogP contribution is 2.22. The molecule has 0 aliphatic heterocycles. The van der Waals surface area contributed by atoms with Crippen molar-refractivity contribution >= 4 is 22.4 Å². The fourth-order valence-electron chi connectivity index (χ4n) is 2.29. The van der Waals surface area contributed by atoms with Crippen LogP contribution < -0.4 is 9.64 Å². The van der Waals surface area contributed by atoms with E-state index in [0.717, 1.165) is 23.7 Å². The van der Waals surface area contributed by atoms with Crippen molar-refractivity contribution in [3.05, 3.63) is 40.9 Å². The first-order valence-corrected chi connectivity index (χ1v) is 8.37. The quantitative estimate of drug-likeness (QED) is 0.804. The van der Waals surface area contributed by atoms with Gasteiger partial charge in [0.2, 0.25) is 0 Å². The molecule has 0 unspecified atom stereocenters. The van der Waals surface area contributed by atoms with E-state index in [1.807, 2.05) is 43.3 Å². The summed E-state index contributed by atoms with van der Waals surface area (Å²) in [5, 5.41) is 11.7. The molecule has 1 heterocycles. The number of rotatable bonds is 8. The van der Waals surface area contributed by atoms with Crippen LogP contribution in [0.3, 0.4) is 0 Å². The van der Waals surface area contributed by atoms with Gasteiger partial charge in [0, 0.05) is 19.5 Å². The van der Waals surface area contributed by atoms with Gasteiger partial charge in [0.1, 0.15) is 5.75 Å². The van der Waals surface area contributed by atoms with E-state index in [4.69, 9.17) is 9.84 Å². The third-order valence-electron chi connectivity index (χ3n) is 3.35. The van der Waals surface area contributed by atoms with Gasteiger partial charge in [-0.1, -0.05) is 19.1 Å². The minimum absolute atomic E-state index is 0.312. The largest absolute Gasteiger partial charge is 0.482 e. The number of aliphatic carboxylic acids is 1. The number of anilines is 1. The topological polar surface area (TPSA) is 62.7 Å². The third kappa shape index (κ3) is 5.56. The van der Waals surface area contributed by atoms with Crippen LogP contribution in [0.15, 0.2) is 29.6 Å². The maximum atomic E-state index is 10.5. The summed E-state index contributed by atoms with van der Waals surface area (Å²) in [4.78, 5) is 17.1. The van der Waals surface area contributed by atoms with E-state index < -0.39 is 5.97 Å². The van der Waals surface area contributed by atoms with Crippen molar-refractivity contribution in [1.82, 2.24) is 4.98 Å². The molecule has 2 rings (SSSR count). The monoisotopic (exact) mass is 334 g/mol. The van der Waals surface area contributed by atoms with E-state index in [0.29, 0.717) is 11.7 Å². The predicted molar refractivity (Wildman–Crippen MR) is 92.6 cm³/mol. The molecule has 1 N–H and O–H groups in total. The van der Waals surface area contributed by atoms with Gasteiger partial charge in [-0.05, 0) is 36.5 Å². The van der Waals surface area contributed by atoms with Crippen LogP contribution in [0, 0.1) is 5.92 Å². The maximum absolute atomic E-state index is 10.5. The fourth-order valence-corrected chi connectivity index (χ4v) is 3.06. The molecule has 0 aliphatic rings. The average Bonchev–Trinajstić information content (AvgIpc) is 2.95. The summed E-state index contributed by atoms with van der Waals surface area (Å²) >= 11 is 1.67. The van der Waals surface area contributed by atoms with Gasteiger partial charge in [-0.3, -0.25) is 0 Å². The van der Waals surface area contributed by atoms with Crippen molar-refractivity contribution in [1.29, 1.82) is 0 Å². The molecule has 6 heteroatoms. The van der Waals surface area contributed by atoms with Crippen molar-refractivity contribution in [2.45, 2.75) is 19.8 Å². The van der Waals surface area contributed by atoms with Crippen LogP contribution in [0.5, 0.6) is 5.75 Å². The first-order valence-electron chi connectivity index (χ1n) is 7.49. The molecule has 0 aliphatic carbocycles. The Morgan fingerprint density at radius 1 is 1.30 bits per heavy atom. The lowest BCUT2D eigenvalue weighted by Gasteiger charge is -2.11. The van der Waals surface area contributed by atoms with Gasteiger partial charge in [0.05, 0.1) is 5.69 Å². The number of ether oxygens (including phenoxy) is 1. The van der Waals surface area contributed by atoms with E-state index in [1.54, 1.807) is 11.3 Å². The molecule has 23 heavy (non-hydrogen) atoms. The molecule has 1 atom stereocenters. The molecular weight excluding hydrogens is 312 g/mol. The van der Waals surface area contributed by atoms with Crippen molar-refractivity contribution < 1.29 is 14.6 Å². The summed E-state index contributed by atoms with van der Waals surface area (Å²) in [6, 6.07) is 7.61. The number of hydrogen-bond acceptors (Lipinski definition) is 5. The van der Waals surface area contributed by atoms with E-state index >= 15 is 0 Å². The zero-order valence-corrected chi connectivity index (χ0v) is 14.5. The molecule has 5 nitrogen and oxygen atoms in total. The first-order chi connectivity index (χ1) is 10.9. The Hall–Kier alpha value is -2.08. The summed E-state index contributed by atoms with van der Waals surface area (Å²) in [7, 11) is 4.00.